The van der Waals surface area contributed by atoms with Crippen molar-refractivity contribution in [3.8, 4) is 5.75 Å². The summed E-state index contributed by atoms with van der Waals surface area (Å²) in [4.78, 5) is 23.7. The van der Waals surface area contributed by atoms with Gasteiger partial charge in [-0.3, -0.25) is 9.59 Å². The standard InChI is InChI=1S/C24H25N3O5/c1-31-21-5-3-2-4-19(21)25-24-27-26-22(32-24)20(28)14-15-6-8-16(9-7-15)17-10-12-18(13-11-17)23(29)30/h2-9,17-18H,10-14H2,1H3,(H,25,27)(H,29,30). The van der Waals surface area contributed by atoms with Crippen LogP contribution in [0.25, 0.3) is 0 Å². The van der Waals surface area contributed by atoms with Gasteiger partial charge in [-0.1, -0.05) is 41.5 Å². The van der Waals surface area contributed by atoms with Crippen LogP contribution in [0.5, 0.6) is 5.75 Å². The van der Waals surface area contributed by atoms with Gasteiger partial charge in [-0.2, -0.15) is 0 Å². The Bertz CT molecular complexity index is 1090. The van der Waals surface area contributed by atoms with Gasteiger partial charge in [0.05, 0.1) is 18.7 Å². The molecule has 0 unspecified atom stereocenters. The minimum atomic E-state index is -0.695. The van der Waals surface area contributed by atoms with Crippen LogP contribution in [0.4, 0.5) is 11.7 Å². The predicted molar refractivity (Wildman–Crippen MR) is 117 cm³/mol. The number of nitrogens with one attached hydrogen (secondary N) is 1. The molecule has 0 aliphatic heterocycles. The molecular weight excluding hydrogens is 410 g/mol. The van der Waals surface area contributed by atoms with Crippen molar-refractivity contribution in [1.82, 2.24) is 10.2 Å². The zero-order valence-electron chi connectivity index (χ0n) is 17.8. The quantitative estimate of drug-likeness (QED) is 0.493. The number of methoxy groups -OCH3 is 1. The van der Waals surface area contributed by atoms with E-state index in [1.165, 1.54) is 5.56 Å². The van der Waals surface area contributed by atoms with Gasteiger partial charge in [0.2, 0.25) is 5.78 Å². The summed E-state index contributed by atoms with van der Waals surface area (Å²) in [6, 6.07) is 15.3. The number of carboxylic acids is 1. The van der Waals surface area contributed by atoms with Crippen molar-refractivity contribution >= 4 is 23.5 Å². The molecule has 8 nitrogen and oxygen atoms in total. The van der Waals surface area contributed by atoms with Crippen molar-refractivity contribution in [3.05, 3.63) is 65.5 Å². The number of ketones is 1. The number of nitrogens with zero attached hydrogens (tertiary/aromatic N) is 2. The number of carbonyl (C=O) groups excluding carboxylic acids is 1. The van der Waals surface area contributed by atoms with E-state index in [1.54, 1.807) is 19.2 Å². The molecule has 1 aliphatic rings. The molecular formula is C24H25N3O5. The lowest BCUT2D eigenvalue weighted by Gasteiger charge is -2.26. The van der Waals surface area contributed by atoms with Crippen LogP contribution in [0, 0.1) is 5.92 Å². The molecule has 0 amide bonds. The summed E-state index contributed by atoms with van der Waals surface area (Å²) in [6.07, 6.45) is 3.33. The maximum atomic E-state index is 12.6. The van der Waals surface area contributed by atoms with Crippen molar-refractivity contribution in [2.45, 2.75) is 38.0 Å². The average Bonchev–Trinajstić information content (AvgIpc) is 3.29. The molecule has 1 heterocycles. The molecule has 32 heavy (non-hydrogen) atoms. The highest BCUT2D eigenvalue weighted by Crippen LogP contribution is 2.36. The summed E-state index contributed by atoms with van der Waals surface area (Å²) < 4.78 is 10.8. The molecule has 2 N–H and O–H groups in total. The lowest BCUT2D eigenvalue weighted by Crippen LogP contribution is -2.20. The predicted octanol–water partition coefficient (Wildman–Crippen LogP) is 4.61. The van der Waals surface area contributed by atoms with Crippen molar-refractivity contribution in [2.24, 2.45) is 5.92 Å². The Balaban J connectivity index is 1.35. The summed E-state index contributed by atoms with van der Waals surface area (Å²) in [5.74, 6) is -0.247. The third-order valence-corrected chi connectivity index (χ3v) is 5.90. The number of hydrogen-bond acceptors (Lipinski definition) is 7. The second kappa shape index (κ2) is 9.64. The molecule has 0 spiro atoms. The summed E-state index contributed by atoms with van der Waals surface area (Å²) in [6.45, 7) is 0. The highest BCUT2D eigenvalue weighted by Gasteiger charge is 2.26. The van der Waals surface area contributed by atoms with Crippen LogP contribution in [0.1, 0.15) is 53.4 Å². The number of carbonyl (C=O) groups is 2. The van der Waals surface area contributed by atoms with Gasteiger partial charge in [-0.15, -0.1) is 5.10 Å². The van der Waals surface area contributed by atoms with E-state index in [-0.39, 0.29) is 30.0 Å². The first-order chi connectivity index (χ1) is 15.5. The number of hydrogen-bond donors (Lipinski definition) is 2. The zero-order valence-corrected chi connectivity index (χ0v) is 17.8. The largest absolute Gasteiger partial charge is 0.495 e. The Labute approximate surface area is 185 Å². The van der Waals surface area contributed by atoms with Crippen LogP contribution in [-0.2, 0) is 11.2 Å². The van der Waals surface area contributed by atoms with E-state index in [1.807, 2.05) is 36.4 Å². The van der Waals surface area contributed by atoms with E-state index < -0.39 is 5.97 Å². The van der Waals surface area contributed by atoms with Crippen LogP contribution in [0.3, 0.4) is 0 Å². The highest BCUT2D eigenvalue weighted by atomic mass is 16.5. The molecule has 0 saturated heterocycles. The molecule has 1 aromatic heterocycles. The van der Waals surface area contributed by atoms with Gasteiger partial charge in [0.25, 0.3) is 5.89 Å². The third-order valence-electron chi connectivity index (χ3n) is 5.90. The topological polar surface area (TPSA) is 115 Å². The summed E-state index contributed by atoms with van der Waals surface area (Å²) in [5, 5.41) is 19.9. The van der Waals surface area contributed by atoms with Gasteiger partial charge in [0.1, 0.15) is 5.75 Å². The number of benzene rings is 2. The molecule has 2 aromatic carbocycles. The average molecular weight is 435 g/mol. The van der Waals surface area contributed by atoms with Crippen molar-refractivity contribution in [1.29, 1.82) is 0 Å². The number of aromatic nitrogens is 2. The third kappa shape index (κ3) is 4.96. The van der Waals surface area contributed by atoms with E-state index >= 15 is 0 Å². The van der Waals surface area contributed by atoms with Gasteiger partial charge < -0.3 is 19.6 Å². The number of Topliss-reactive ketones (excluding diaryl/α,β-unsaturated/α-hetero) is 1. The van der Waals surface area contributed by atoms with Gasteiger partial charge in [-0.25, -0.2) is 0 Å². The van der Waals surface area contributed by atoms with E-state index in [9.17, 15) is 9.59 Å². The zero-order chi connectivity index (χ0) is 22.5. The number of aliphatic carboxylic acids is 1. The molecule has 1 saturated carbocycles. The molecule has 4 rings (SSSR count). The minimum Gasteiger partial charge on any atom is -0.495 e. The maximum Gasteiger partial charge on any atom is 0.320 e. The Morgan fingerprint density at radius 3 is 2.47 bits per heavy atom. The van der Waals surface area contributed by atoms with Crippen LogP contribution >= 0.6 is 0 Å². The molecule has 0 atom stereocenters. The molecule has 8 heteroatoms. The number of anilines is 2. The van der Waals surface area contributed by atoms with E-state index in [4.69, 9.17) is 14.3 Å². The lowest BCUT2D eigenvalue weighted by molar-refractivity contribution is -0.142. The summed E-state index contributed by atoms with van der Waals surface area (Å²) in [5.41, 5.74) is 2.70. The van der Waals surface area contributed by atoms with E-state index in [0.717, 1.165) is 18.4 Å². The Morgan fingerprint density at radius 2 is 1.78 bits per heavy atom. The number of carboxylic acid groups (broad SMARTS) is 1. The molecule has 166 valence electrons. The number of rotatable bonds is 8. The summed E-state index contributed by atoms with van der Waals surface area (Å²) in [7, 11) is 1.57. The Kier molecular flexibility index (Phi) is 6.49. The van der Waals surface area contributed by atoms with E-state index in [2.05, 4.69) is 15.5 Å². The van der Waals surface area contributed by atoms with Gasteiger partial charge >= 0.3 is 12.0 Å². The second-order valence-electron chi connectivity index (χ2n) is 7.97. The first kappa shape index (κ1) is 21.5. The Hall–Kier alpha value is -3.68. The van der Waals surface area contributed by atoms with E-state index in [0.29, 0.717) is 30.2 Å². The fraction of sp³-hybridized carbons (Fsp3) is 0.333. The monoisotopic (exact) mass is 435 g/mol. The van der Waals surface area contributed by atoms with Crippen LogP contribution < -0.4 is 10.1 Å². The van der Waals surface area contributed by atoms with Gasteiger partial charge in [-0.05, 0) is 54.9 Å². The SMILES string of the molecule is COc1ccccc1Nc1nnc(C(=O)Cc2ccc(C3CCC(C(=O)O)CC3)cc2)o1. The Morgan fingerprint density at radius 1 is 1.06 bits per heavy atom. The second-order valence-corrected chi connectivity index (χ2v) is 7.97. The smallest absolute Gasteiger partial charge is 0.320 e. The van der Waals surface area contributed by atoms with Crippen LogP contribution in [-0.4, -0.2) is 34.2 Å². The normalized spacial score (nSPS) is 18.2. The summed E-state index contributed by atoms with van der Waals surface area (Å²) >= 11 is 0. The maximum absolute atomic E-state index is 12.6. The fourth-order valence-corrected chi connectivity index (χ4v) is 4.09. The minimum absolute atomic E-state index is 0.0570. The molecule has 0 radical (unpaired) electrons. The molecule has 3 aromatic rings. The van der Waals surface area contributed by atoms with Crippen molar-refractivity contribution in [3.63, 3.8) is 0 Å². The van der Waals surface area contributed by atoms with Crippen molar-refractivity contribution in [2.75, 3.05) is 12.4 Å². The van der Waals surface area contributed by atoms with Crippen molar-refractivity contribution < 1.29 is 23.8 Å². The lowest BCUT2D eigenvalue weighted by atomic mass is 9.78. The first-order valence-electron chi connectivity index (χ1n) is 10.6. The van der Waals surface area contributed by atoms with Crippen LogP contribution in [0.15, 0.2) is 52.9 Å². The molecule has 1 fully saturated rings. The van der Waals surface area contributed by atoms with Gasteiger partial charge in [0.15, 0.2) is 0 Å². The molecule has 0 bridgehead atoms. The number of para-hydroxylation sites is 2. The molecule has 1 aliphatic carbocycles. The van der Waals surface area contributed by atoms with Gasteiger partial charge in [0, 0.05) is 6.42 Å². The first-order valence-corrected chi connectivity index (χ1v) is 10.6. The van der Waals surface area contributed by atoms with Crippen LogP contribution in [0.2, 0.25) is 0 Å². The highest BCUT2D eigenvalue weighted by molar-refractivity contribution is 5.93. The fourth-order valence-electron chi connectivity index (χ4n) is 4.09. The number of ether oxygens (including phenoxy) is 1.